The van der Waals surface area contributed by atoms with Crippen LogP contribution in [0.2, 0.25) is 0 Å². The smallest absolute Gasteiger partial charge is 0.234 e. The van der Waals surface area contributed by atoms with Gasteiger partial charge in [0.05, 0.1) is 5.69 Å². The lowest BCUT2D eigenvalue weighted by Crippen LogP contribution is -2.45. The summed E-state index contributed by atoms with van der Waals surface area (Å²) >= 11 is 0. The van der Waals surface area contributed by atoms with E-state index in [1.165, 1.54) is 0 Å². The number of likely N-dealkylation sites (N-methyl/N-ethyl adjacent to an activating group) is 1. The van der Waals surface area contributed by atoms with E-state index in [2.05, 4.69) is 52.1 Å². The van der Waals surface area contributed by atoms with E-state index < -0.39 is 0 Å². The third-order valence-corrected chi connectivity index (χ3v) is 4.61. The minimum Gasteiger partial charge on any atom is -0.338 e. The topological polar surface area (TPSA) is 95.8 Å². The standard InChI is InChI=1S/C19H23N9/c1-3-16-23-18(26-19(24-16)28-11-9-27(2)10-12-28)25-17-21-8-6-15(22-17)14-5-4-7-20-13-14/h4-8,13H,3,9-12H2,1-2H3,(H,21,22,23,24,25,26). The van der Waals surface area contributed by atoms with Crippen molar-refractivity contribution in [3.8, 4) is 11.3 Å². The van der Waals surface area contributed by atoms with Gasteiger partial charge in [-0.1, -0.05) is 6.92 Å². The van der Waals surface area contributed by atoms with Crippen molar-refractivity contribution in [3.05, 3.63) is 42.6 Å². The number of nitrogens with one attached hydrogen (secondary N) is 1. The molecular formula is C19H23N9. The van der Waals surface area contributed by atoms with E-state index in [-0.39, 0.29) is 0 Å². The van der Waals surface area contributed by atoms with Gasteiger partial charge in [-0.15, -0.1) is 0 Å². The molecule has 1 saturated heterocycles. The first-order valence-corrected chi connectivity index (χ1v) is 9.40. The summed E-state index contributed by atoms with van der Waals surface area (Å²) in [4.78, 5) is 31.2. The number of piperazine rings is 1. The Hall–Kier alpha value is -3.20. The Morgan fingerprint density at radius 1 is 0.964 bits per heavy atom. The summed E-state index contributed by atoms with van der Waals surface area (Å²) in [7, 11) is 2.13. The first kappa shape index (κ1) is 18.2. The fourth-order valence-corrected chi connectivity index (χ4v) is 2.96. The number of aryl methyl sites for hydroxylation is 1. The zero-order chi connectivity index (χ0) is 19.3. The molecule has 0 unspecified atom stereocenters. The monoisotopic (exact) mass is 377 g/mol. The molecule has 0 spiro atoms. The third-order valence-electron chi connectivity index (χ3n) is 4.61. The Labute approximate surface area is 163 Å². The fraction of sp³-hybridized carbons (Fsp3) is 0.368. The molecular weight excluding hydrogens is 354 g/mol. The van der Waals surface area contributed by atoms with E-state index in [9.17, 15) is 0 Å². The van der Waals surface area contributed by atoms with Gasteiger partial charge in [0.2, 0.25) is 17.8 Å². The molecule has 0 radical (unpaired) electrons. The van der Waals surface area contributed by atoms with Crippen molar-refractivity contribution < 1.29 is 0 Å². The third kappa shape index (κ3) is 4.20. The van der Waals surface area contributed by atoms with Gasteiger partial charge in [0.1, 0.15) is 5.82 Å². The van der Waals surface area contributed by atoms with Crippen molar-refractivity contribution in [3.63, 3.8) is 0 Å². The van der Waals surface area contributed by atoms with Crippen LogP contribution in [0.15, 0.2) is 36.8 Å². The predicted octanol–water partition coefficient (Wildman–Crippen LogP) is 1.78. The zero-order valence-corrected chi connectivity index (χ0v) is 16.1. The average molecular weight is 377 g/mol. The lowest BCUT2D eigenvalue weighted by Gasteiger charge is -2.32. The SMILES string of the molecule is CCc1nc(Nc2nccc(-c3cccnc3)n2)nc(N2CCN(C)CC2)n1. The van der Waals surface area contributed by atoms with Crippen LogP contribution in [-0.2, 0) is 6.42 Å². The van der Waals surface area contributed by atoms with Crippen molar-refractivity contribution in [2.45, 2.75) is 13.3 Å². The second kappa shape index (κ2) is 8.22. The van der Waals surface area contributed by atoms with Crippen LogP contribution < -0.4 is 10.2 Å². The maximum Gasteiger partial charge on any atom is 0.234 e. The molecule has 3 aromatic rings. The molecule has 9 nitrogen and oxygen atoms in total. The first-order chi connectivity index (χ1) is 13.7. The Morgan fingerprint density at radius 3 is 2.57 bits per heavy atom. The van der Waals surface area contributed by atoms with Gasteiger partial charge in [0, 0.05) is 56.8 Å². The van der Waals surface area contributed by atoms with Gasteiger partial charge in [0.25, 0.3) is 0 Å². The number of anilines is 3. The minimum absolute atomic E-state index is 0.443. The predicted molar refractivity (Wildman–Crippen MR) is 107 cm³/mol. The first-order valence-electron chi connectivity index (χ1n) is 9.40. The highest BCUT2D eigenvalue weighted by Crippen LogP contribution is 2.19. The molecule has 9 heteroatoms. The largest absolute Gasteiger partial charge is 0.338 e. The Kier molecular flexibility index (Phi) is 5.34. The van der Waals surface area contributed by atoms with Crippen molar-refractivity contribution in [1.29, 1.82) is 0 Å². The Bertz CT molecular complexity index is 924. The summed E-state index contributed by atoms with van der Waals surface area (Å²) in [6.07, 6.45) is 5.95. The molecule has 0 saturated carbocycles. The van der Waals surface area contributed by atoms with Crippen molar-refractivity contribution in [1.82, 2.24) is 34.8 Å². The molecule has 4 heterocycles. The van der Waals surface area contributed by atoms with Gasteiger partial charge in [0.15, 0.2) is 0 Å². The van der Waals surface area contributed by atoms with Crippen molar-refractivity contribution in [2.75, 3.05) is 43.4 Å². The van der Waals surface area contributed by atoms with E-state index in [1.807, 2.05) is 25.1 Å². The van der Waals surface area contributed by atoms with Gasteiger partial charge in [-0.25, -0.2) is 9.97 Å². The number of nitrogens with zero attached hydrogens (tertiary/aromatic N) is 8. The molecule has 144 valence electrons. The van der Waals surface area contributed by atoms with Gasteiger partial charge in [-0.2, -0.15) is 15.0 Å². The van der Waals surface area contributed by atoms with Crippen molar-refractivity contribution in [2.24, 2.45) is 0 Å². The second-order valence-corrected chi connectivity index (χ2v) is 6.65. The molecule has 28 heavy (non-hydrogen) atoms. The van der Waals surface area contributed by atoms with E-state index >= 15 is 0 Å². The average Bonchev–Trinajstić information content (AvgIpc) is 2.75. The molecule has 0 bridgehead atoms. The summed E-state index contributed by atoms with van der Waals surface area (Å²) < 4.78 is 0. The molecule has 0 atom stereocenters. The van der Waals surface area contributed by atoms with E-state index in [0.717, 1.165) is 49.7 Å². The van der Waals surface area contributed by atoms with Crippen LogP contribution in [0.25, 0.3) is 11.3 Å². The zero-order valence-electron chi connectivity index (χ0n) is 16.1. The molecule has 3 aromatic heterocycles. The highest BCUT2D eigenvalue weighted by Gasteiger charge is 2.18. The summed E-state index contributed by atoms with van der Waals surface area (Å²) in [6.45, 7) is 5.82. The summed E-state index contributed by atoms with van der Waals surface area (Å²) in [5.41, 5.74) is 1.71. The fourth-order valence-electron chi connectivity index (χ4n) is 2.96. The quantitative estimate of drug-likeness (QED) is 0.713. The van der Waals surface area contributed by atoms with Crippen LogP contribution in [0.1, 0.15) is 12.7 Å². The number of hydrogen-bond acceptors (Lipinski definition) is 9. The molecule has 1 fully saturated rings. The Morgan fingerprint density at radius 2 is 1.82 bits per heavy atom. The van der Waals surface area contributed by atoms with Crippen LogP contribution in [0.4, 0.5) is 17.8 Å². The Balaban J connectivity index is 1.58. The van der Waals surface area contributed by atoms with E-state index in [0.29, 0.717) is 17.8 Å². The molecule has 4 rings (SSSR count). The highest BCUT2D eigenvalue weighted by molar-refractivity contribution is 5.59. The summed E-state index contributed by atoms with van der Waals surface area (Å²) in [5, 5.41) is 3.14. The van der Waals surface area contributed by atoms with Crippen LogP contribution >= 0.6 is 0 Å². The number of aromatic nitrogens is 6. The van der Waals surface area contributed by atoms with E-state index in [4.69, 9.17) is 0 Å². The van der Waals surface area contributed by atoms with Crippen molar-refractivity contribution >= 4 is 17.8 Å². The van der Waals surface area contributed by atoms with Crippen LogP contribution in [0, 0.1) is 0 Å². The highest BCUT2D eigenvalue weighted by atomic mass is 15.3. The molecule has 1 aliphatic heterocycles. The lowest BCUT2D eigenvalue weighted by molar-refractivity contribution is 0.311. The maximum absolute atomic E-state index is 4.61. The number of rotatable bonds is 5. The molecule has 0 aliphatic carbocycles. The van der Waals surface area contributed by atoms with Gasteiger partial charge in [-0.3, -0.25) is 10.3 Å². The molecule has 1 N–H and O–H groups in total. The van der Waals surface area contributed by atoms with E-state index in [1.54, 1.807) is 18.6 Å². The molecule has 1 aliphatic rings. The minimum atomic E-state index is 0.443. The van der Waals surface area contributed by atoms with Crippen LogP contribution in [0.5, 0.6) is 0 Å². The normalized spacial score (nSPS) is 14.9. The summed E-state index contributed by atoms with van der Waals surface area (Å²) in [5.74, 6) is 2.35. The second-order valence-electron chi connectivity index (χ2n) is 6.65. The molecule has 0 aromatic carbocycles. The van der Waals surface area contributed by atoms with Gasteiger partial charge < -0.3 is 9.80 Å². The number of pyridine rings is 1. The molecule has 0 amide bonds. The van der Waals surface area contributed by atoms with Crippen LogP contribution in [0.3, 0.4) is 0 Å². The lowest BCUT2D eigenvalue weighted by atomic mass is 10.2. The van der Waals surface area contributed by atoms with Crippen LogP contribution in [-0.4, -0.2) is 68.0 Å². The maximum atomic E-state index is 4.61. The van der Waals surface area contributed by atoms with Gasteiger partial charge in [-0.05, 0) is 25.2 Å². The van der Waals surface area contributed by atoms with Gasteiger partial charge >= 0.3 is 0 Å². The summed E-state index contributed by atoms with van der Waals surface area (Å²) in [6, 6.07) is 5.69. The number of hydrogen-bond donors (Lipinski definition) is 1.